The van der Waals surface area contributed by atoms with Gasteiger partial charge in [0.15, 0.2) is 0 Å². The number of hydrogen-bond donors (Lipinski definition) is 1. The molecule has 0 saturated carbocycles. The number of anilines is 1. The highest BCUT2D eigenvalue weighted by molar-refractivity contribution is 9.09. The van der Waals surface area contributed by atoms with Crippen LogP contribution in [0.4, 0.5) is 5.69 Å². The molecule has 3 saturated heterocycles. The molecule has 3 aliphatic heterocycles. The van der Waals surface area contributed by atoms with Gasteiger partial charge >= 0.3 is 5.97 Å². The van der Waals surface area contributed by atoms with Crippen LogP contribution < -0.4 is 4.90 Å². The third kappa shape index (κ3) is 7.89. The summed E-state index contributed by atoms with van der Waals surface area (Å²) in [6.45, 7) is 10.1. The molecule has 1 spiro atoms. The lowest BCUT2D eigenvalue weighted by Gasteiger charge is -2.37. The van der Waals surface area contributed by atoms with E-state index in [1.165, 1.54) is 0 Å². The zero-order valence-corrected chi connectivity index (χ0v) is 33.3. The van der Waals surface area contributed by atoms with E-state index in [1.54, 1.807) is 33.9 Å². The molecule has 1 N–H and O–H groups in total. The van der Waals surface area contributed by atoms with E-state index >= 15 is 4.79 Å². The fourth-order valence-electron chi connectivity index (χ4n) is 8.73. The average molecular weight is 815 g/mol. The zero-order chi connectivity index (χ0) is 39.3. The SMILES string of the molecule is C=CCCC(=O)N(C)[C@@H](C)[C@@H](OC(=O)[C@H]1[C@@H]2O[C@@]3(CC2Br)[C@@H]1C(=O)N(CCCCCCO)[C@@H]3C(=O)N(CC=C)c1ccc2ccccc2c1)c1ccccc1. The van der Waals surface area contributed by atoms with Crippen molar-refractivity contribution in [2.24, 2.45) is 11.8 Å². The minimum absolute atomic E-state index is 0.0875. The van der Waals surface area contributed by atoms with Gasteiger partial charge in [-0.15, -0.1) is 13.2 Å². The Morgan fingerprint density at radius 3 is 2.44 bits per heavy atom. The Labute approximate surface area is 332 Å². The lowest BCUT2D eigenvalue weighted by atomic mass is 9.70. The van der Waals surface area contributed by atoms with E-state index in [0.29, 0.717) is 43.5 Å². The van der Waals surface area contributed by atoms with Gasteiger partial charge in [0.25, 0.3) is 5.91 Å². The number of allylic oxidation sites excluding steroid dienone is 1. The second-order valence-corrected chi connectivity index (χ2v) is 16.1. The molecule has 0 aromatic heterocycles. The molecule has 3 fully saturated rings. The quantitative estimate of drug-likeness (QED) is 0.0654. The summed E-state index contributed by atoms with van der Waals surface area (Å²) in [5, 5.41) is 11.4. The molecule has 292 valence electrons. The highest BCUT2D eigenvalue weighted by atomic mass is 79.9. The van der Waals surface area contributed by atoms with Crippen molar-refractivity contribution < 1.29 is 33.8 Å². The number of fused-ring (bicyclic) bond motifs is 2. The van der Waals surface area contributed by atoms with Crippen molar-refractivity contribution in [3.63, 3.8) is 0 Å². The Balaban J connectivity index is 1.35. The maximum absolute atomic E-state index is 15.1. The number of benzene rings is 3. The van der Waals surface area contributed by atoms with E-state index < -0.39 is 47.7 Å². The molecule has 8 atom stereocenters. The molecule has 11 heteroatoms. The van der Waals surface area contributed by atoms with Crippen LogP contribution in [0.2, 0.25) is 0 Å². The molecule has 0 aliphatic carbocycles. The minimum atomic E-state index is -1.29. The van der Waals surface area contributed by atoms with Gasteiger partial charge in [-0.25, -0.2) is 0 Å². The molecular weight excluding hydrogens is 762 g/mol. The summed E-state index contributed by atoms with van der Waals surface area (Å²) in [6.07, 6.45) is 5.78. The summed E-state index contributed by atoms with van der Waals surface area (Å²) in [6, 6.07) is 21.5. The van der Waals surface area contributed by atoms with Crippen molar-refractivity contribution in [2.75, 3.05) is 31.6 Å². The van der Waals surface area contributed by atoms with Gasteiger partial charge in [-0.3, -0.25) is 19.2 Å². The number of rotatable bonds is 18. The molecule has 2 bridgehead atoms. The van der Waals surface area contributed by atoms with Crippen molar-refractivity contribution in [3.8, 4) is 0 Å². The number of alkyl halides is 1. The molecule has 0 radical (unpaired) electrons. The molecule has 3 aromatic rings. The number of halogens is 1. The van der Waals surface area contributed by atoms with Gasteiger partial charge in [-0.2, -0.15) is 0 Å². The van der Waals surface area contributed by atoms with E-state index in [0.717, 1.165) is 23.6 Å². The number of carbonyl (C=O) groups excluding carboxylic acids is 4. The van der Waals surface area contributed by atoms with E-state index in [1.807, 2.05) is 79.7 Å². The highest BCUT2D eigenvalue weighted by Crippen LogP contribution is 2.60. The second kappa shape index (κ2) is 17.6. The van der Waals surface area contributed by atoms with E-state index in [2.05, 4.69) is 29.1 Å². The van der Waals surface area contributed by atoms with Crippen LogP contribution in [0, 0.1) is 11.8 Å². The van der Waals surface area contributed by atoms with Crippen LogP contribution in [-0.2, 0) is 28.7 Å². The zero-order valence-electron chi connectivity index (χ0n) is 31.7. The predicted molar refractivity (Wildman–Crippen MR) is 216 cm³/mol. The number of aliphatic hydroxyl groups is 1. The van der Waals surface area contributed by atoms with Crippen molar-refractivity contribution in [2.45, 2.75) is 86.6 Å². The Morgan fingerprint density at radius 2 is 1.73 bits per heavy atom. The van der Waals surface area contributed by atoms with Crippen molar-refractivity contribution >= 4 is 56.1 Å². The van der Waals surface area contributed by atoms with Crippen molar-refractivity contribution in [1.82, 2.24) is 9.80 Å². The number of carbonyl (C=O) groups is 4. The Kier molecular flexibility index (Phi) is 12.9. The monoisotopic (exact) mass is 813 g/mol. The first-order valence-electron chi connectivity index (χ1n) is 19.3. The van der Waals surface area contributed by atoms with E-state index in [-0.39, 0.29) is 42.1 Å². The predicted octanol–water partition coefficient (Wildman–Crippen LogP) is 6.76. The summed E-state index contributed by atoms with van der Waals surface area (Å²) >= 11 is 3.79. The Morgan fingerprint density at radius 1 is 1.02 bits per heavy atom. The van der Waals surface area contributed by atoms with Crippen molar-refractivity contribution in [1.29, 1.82) is 0 Å². The second-order valence-electron chi connectivity index (χ2n) is 14.9. The summed E-state index contributed by atoms with van der Waals surface area (Å²) in [4.78, 5) is 62.3. The number of ether oxygens (including phenoxy) is 2. The van der Waals surface area contributed by atoms with Crippen LogP contribution in [0.1, 0.15) is 63.5 Å². The number of esters is 1. The lowest BCUT2D eigenvalue weighted by Crippen LogP contribution is -2.57. The van der Waals surface area contributed by atoms with Gasteiger partial charge in [0.2, 0.25) is 11.8 Å². The number of aliphatic hydroxyl groups excluding tert-OH is 1. The number of hydrogen-bond acceptors (Lipinski definition) is 7. The molecule has 3 aromatic carbocycles. The fraction of sp³-hybridized carbons (Fsp3) is 0.455. The highest BCUT2D eigenvalue weighted by Gasteiger charge is 2.77. The van der Waals surface area contributed by atoms with Gasteiger partial charge in [0.1, 0.15) is 17.7 Å². The van der Waals surface area contributed by atoms with Crippen LogP contribution in [0.25, 0.3) is 10.8 Å². The maximum atomic E-state index is 15.1. The number of nitrogens with zero attached hydrogens (tertiary/aromatic N) is 3. The minimum Gasteiger partial charge on any atom is -0.455 e. The van der Waals surface area contributed by atoms with Crippen LogP contribution in [0.15, 0.2) is 98.1 Å². The topological polar surface area (TPSA) is 117 Å². The van der Waals surface area contributed by atoms with Crippen LogP contribution >= 0.6 is 15.9 Å². The van der Waals surface area contributed by atoms with E-state index in [9.17, 15) is 19.5 Å². The van der Waals surface area contributed by atoms with Crippen LogP contribution in [-0.4, -0.2) is 94.0 Å². The summed E-state index contributed by atoms with van der Waals surface area (Å²) < 4.78 is 13.2. The molecule has 3 heterocycles. The van der Waals surface area contributed by atoms with Gasteiger partial charge in [0.05, 0.1) is 24.0 Å². The molecule has 1 unspecified atom stereocenters. The van der Waals surface area contributed by atoms with Crippen LogP contribution in [0.3, 0.4) is 0 Å². The fourth-order valence-corrected chi connectivity index (χ4v) is 9.68. The Bertz CT molecular complexity index is 1890. The summed E-state index contributed by atoms with van der Waals surface area (Å²) in [7, 11) is 1.70. The first-order valence-corrected chi connectivity index (χ1v) is 20.3. The smallest absolute Gasteiger partial charge is 0.313 e. The van der Waals surface area contributed by atoms with Crippen molar-refractivity contribution in [3.05, 3.63) is 104 Å². The molecule has 6 rings (SSSR count). The largest absolute Gasteiger partial charge is 0.455 e. The lowest BCUT2D eigenvalue weighted by molar-refractivity contribution is -0.164. The molecule has 3 amide bonds. The maximum Gasteiger partial charge on any atom is 0.313 e. The first kappa shape index (κ1) is 40.3. The summed E-state index contributed by atoms with van der Waals surface area (Å²) in [5.74, 6) is -3.26. The number of unbranched alkanes of at least 4 members (excludes halogenated alkanes) is 3. The Hall–Kier alpha value is -4.32. The molecule has 55 heavy (non-hydrogen) atoms. The molecule has 3 aliphatic rings. The number of likely N-dealkylation sites (tertiary alicyclic amines) is 1. The number of likely N-dealkylation sites (N-methyl/N-ethyl adjacent to an activating group) is 1. The van der Waals surface area contributed by atoms with Crippen LogP contribution in [0.5, 0.6) is 0 Å². The molecular formula is C44H52BrN3O7. The summed E-state index contributed by atoms with van der Waals surface area (Å²) in [5.41, 5.74) is 0.0967. The van der Waals surface area contributed by atoms with Gasteiger partial charge < -0.3 is 29.3 Å². The third-order valence-electron chi connectivity index (χ3n) is 11.6. The standard InChI is InChI=1S/C44H52BrN3O7/c1-5-7-21-35(50)46(4)29(3)38(31-18-11-10-12-19-31)54-43(53)36-37-41(51)48(25-15-8-9-16-26-49)40(44(37)28-34(45)39(36)55-44)42(52)47(24-6-2)33-23-22-30-17-13-14-20-32(30)27-33/h5-6,10-14,17-20,22-23,27,29,34,36-40,49H,1-2,7-9,15-16,21,24-26,28H2,3-4H3/t29-,34?,36+,37-,38+,39+,40+,44-/m0/s1. The third-order valence-corrected chi connectivity index (χ3v) is 12.4. The normalized spacial score (nSPS) is 25.0. The molecule has 10 nitrogen and oxygen atoms in total. The number of amides is 3. The average Bonchev–Trinajstić information content (AvgIpc) is 3.80. The van der Waals surface area contributed by atoms with Gasteiger partial charge in [-0.1, -0.05) is 102 Å². The first-order chi connectivity index (χ1) is 26.6. The van der Waals surface area contributed by atoms with E-state index in [4.69, 9.17) is 9.47 Å². The van der Waals surface area contributed by atoms with Gasteiger partial charge in [0, 0.05) is 43.7 Å². The van der Waals surface area contributed by atoms with Gasteiger partial charge in [-0.05, 0) is 61.1 Å².